The Labute approximate surface area is 132 Å². The molecule has 0 bridgehead atoms. The molecular formula is C18H12N4O. The van der Waals surface area contributed by atoms with Crippen molar-refractivity contribution in [3.63, 3.8) is 0 Å². The number of aryl methyl sites for hydroxylation is 1. The van der Waals surface area contributed by atoms with Crippen LogP contribution in [0.4, 0.5) is 0 Å². The zero-order valence-corrected chi connectivity index (χ0v) is 12.4. The molecule has 2 aliphatic rings. The van der Waals surface area contributed by atoms with E-state index in [-0.39, 0.29) is 5.90 Å². The van der Waals surface area contributed by atoms with Gasteiger partial charge in [-0.15, -0.1) is 0 Å². The summed E-state index contributed by atoms with van der Waals surface area (Å²) in [5.41, 5.74) is 3.45. The molecule has 1 unspecified atom stereocenters. The van der Waals surface area contributed by atoms with E-state index in [1.54, 1.807) is 18.6 Å². The summed E-state index contributed by atoms with van der Waals surface area (Å²) in [6.07, 6.45) is 7.06. The monoisotopic (exact) mass is 300 g/mol. The van der Waals surface area contributed by atoms with Crippen molar-refractivity contribution in [2.75, 3.05) is 0 Å². The van der Waals surface area contributed by atoms with E-state index in [0.29, 0.717) is 5.75 Å². The molecule has 110 valence electrons. The predicted molar refractivity (Wildman–Crippen MR) is 85.2 cm³/mol. The lowest BCUT2D eigenvalue weighted by atomic mass is 9.88. The molecule has 23 heavy (non-hydrogen) atoms. The fourth-order valence-corrected chi connectivity index (χ4v) is 2.98. The Hall–Kier alpha value is -3.26. The summed E-state index contributed by atoms with van der Waals surface area (Å²) in [6.45, 7) is 1.95. The van der Waals surface area contributed by atoms with Gasteiger partial charge in [0.05, 0.1) is 11.4 Å². The van der Waals surface area contributed by atoms with Gasteiger partial charge in [-0.2, -0.15) is 5.26 Å². The lowest BCUT2D eigenvalue weighted by molar-refractivity contribution is 0.507. The number of hydrogen-bond acceptors (Lipinski definition) is 5. The first-order valence-corrected chi connectivity index (χ1v) is 7.18. The molecule has 5 heteroatoms. The average Bonchev–Trinajstić information content (AvgIpc) is 3.02. The summed E-state index contributed by atoms with van der Waals surface area (Å²) in [6, 6.07) is 7.96. The molecule has 1 aromatic heterocycles. The van der Waals surface area contributed by atoms with Gasteiger partial charge in [-0.25, -0.2) is 0 Å². The standard InChI is InChI=1S/C18H12N4O/c1-10-6-11(9-21-8-10)16-13-2-3-15-12(4-5-22-15)17(13)23-18(20)14(16)7-19/h2-6,8-9,14,20H,1H3. The largest absolute Gasteiger partial charge is 0.440 e. The molecule has 0 saturated heterocycles. The van der Waals surface area contributed by atoms with Gasteiger partial charge in [0, 0.05) is 29.4 Å². The molecule has 2 aliphatic heterocycles. The van der Waals surface area contributed by atoms with E-state index in [1.807, 2.05) is 31.2 Å². The lowest BCUT2D eigenvalue weighted by Gasteiger charge is -2.23. The predicted octanol–water partition coefficient (Wildman–Crippen LogP) is 1.70. The van der Waals surface area contributed by atoms with E-state index in [1.165, 1.54) is 0 Å². The van der Waals surface area contributed by atoms with Crippen LogP contribution in [0.15, 0.2) is 41.8 Å². The van der Waals surface area contributed by atoms with Crippen LogP contribution in [0.5, 0.6) is 5.75 Å². The normalized spacial score (nSPS) is 17.8. The summed E-state index contributed by atoms with van der Waals surface area (Å²) < 4.78 is 5.67. The molecule has 0 saturated carbocycles. The average molecular weight is 300 g/mol. The highest BCUT2D eigenvalue weighted by Crippen LogP contribution is 2.29. The highest BCUT2D eigenvalue weighted by Gasteiger charge is 2.30. The Kier molecular flexibility index (Phi) is 2.85. The van der Waals surface area contributed by atoms with Crippen LogP contribution < -0.4 is 15.3 Å². The SMILES string of the molecule is Cc1cncc(C2=c3ccc4c(c3OC(=N)C2C#N)C=CN=4)c1. The van der Waals surface area contributed by atoms with Crippen LogP contribution in [0, 0.1) is 29.6 Å². The quantitative estimate of drug-likeness (QED) is 0.870. The van der Waals surface area contributed by atoms with Crippen LogP contribution in [-0.4, -0.2) is 10.9 Å². The molecule has 3 heterocycles. The molecule has 1 N–H and O–H groups in total. The topological polar surface area (TPSA) is 82.1 Å². The first-order valence-electron chi connectivity index (χ1n) is 7.18. The van der Waals surface area contributed by atoms with Crippen LogP contribution in [0.2, 0.25) is 0 Å². The molecule has 1 aromatic carbocycles. The second-order valence-corrected chi connectivity index (χ2v) is 5.51. The second kappa shape index (κ2) is 4.89. The number of fused-ring (bicyclic) bond motifs is 3. The van der Waals surface area contributed by atoms with Crippen molar-refractivity contribution in [3.8, 4) is 11.8 Å². The number of rotatable bonds is 1. The molecule has 0 spiro atoms. The maximum Gasteiger partial charge on any atom is 0.209 e. The van der Waals surface area contributed by atoms with Crippen molar-refractivity contribution in [1.29, 1.82) is 10.7 Å². The van der Waals surface area contributed by atoms with Gasteiger partial charge in [-0.3, -0.25) is 15.4 Å². The Balaban J connectivity index is 2.14. The smallest absolute Gasteiger partial charge is 0.209 e. The van der Waals surface area contributed by atoms with Crippen LogP contribution in [0.3, 0.4) is 0 Å². The Bertz CT molecular complexity index is 1040. The lowest BCUT2D eigenvalue weighted by Crippen LogP contribution is -2.34. The first-order chi connectivity index (χ1) is 11.2. The second-order valence-electron chi connectivity index (χ2n) is 5.51. The van der Waals surface area contributed by atoms with Crippen molar-refractivity contribution >= 4 is 17.5 Å². The van der Waals surface area contributed by atoms with E-state index in [2.05, 4.69) is 16.0 Å². The number of aromatic nitrogens is 1. The number of nitriles is 1. The fraction of sp³-hybridized carbons (Fsp3) is 0.111. The summed E-state index contributed by atoms with van der Waals surface area (Å²) >= 11 is 0. The number of nitrogens with one attached hydrogen (secondary N) is 1. The molecule has 0 aliphatic carbocycles. The first kappa shape index (κ1) is 13.4. The minimum Gasteiger partial charge on any atom is -0.440 e. The van der Waals surface area contributed by atoms with E-state index in [0.717, 1.165) is 32.8 Å². The van der Waals surface area contributed by atoms with E-state index < -0.39 is 5.92 Å². The highest BCUT2D eigenvalue weighted by atomic mass is 16.5. The fourth-order valence-electron chi connectivity index (χ4n) is 2.98. The minimum atomic E-state index is -0.744. The van der Waals surface area contributed by atoms with Gasteiger partial charge in [-0.1, -0.05) is 0 Å². The van der Waals surface area contributed by atoms with Gasteiger partial charge >= 0.3 is 0 Å². The van der Waals surface area contributed by atoms with E-state index in [9.17, 15) is 5.26 Å². The third-order valence-electron chi connectivity index (χ3n) is 4.00. The summed E-state index contributed by atoms with van der Waals surface area (Å²) in [5, 5.41) is 19.3. The van der Waals surface area contributed by atoms with Gasteiger partial charge < -0.3 is 4.74 Å². The maximum absolute atomic E-state index is 9.54. The molecule has 1 atom stereocenters. The Morgan fingerprint density at radius 1 is 1.30 bits per heavy atom. The number of pyridine rings is 1. The van der Waals surface area contributed by atoms with E-state index >= 15 is 0 Å². The molecule has 0 amide bonds. The summed E-state index contributed by atoms with van der Waals surface area (Å²) in [5.74, 6) is -0.218. The molecule has 2 aromatic rings. The highest BCUT2D eigenvalue weighted by molar-refractivity contribution is 5.97. The molecular weight excluding hydrogens is 288 g/mol. The van der Waals surface area contributed by atoms with Crippen molar-refractivity contribution in [1.82, 2.24) is 4.98 Å². The minimum absolute atomic E-state index is 0.0646. The number of ether oxygens (including phenoxy) is 1. The van der Waals surface area contributed by atoms with E-state index in [4.69, 9.17) is 10.1 Å². The van der Waals surface area contributed by atoms with Crippen molar-refractivity contribution in [2.24, 2.45) is 10.9 Å². The Morgan fingerprint density at radius 3 is 2.96 bits per heavy atom. The van der Waals surface area contributed by atoms with Crippen LogP contribution in [-0.2, 0) is 0 Å². The van der Waals surface area contributed by atoms with Gasteiger partial charge in [0.2, 0.25) is 5.90 Å². The van der Waals surface area contributed by atoms with Gasteiger partial charge in [0.1, 0.15) is 11.7 Å². The zero-order chi connectivity index (χ0) is 16.0. The van der Waals surface area contributed by atoms with Gasteiger partial charge in [-0.05, 0) is 47.9 Å². The Morgan fingerprint density at radius 2 is 2.17 bits per heavy atom. The zero-order valence-electron chi connectivity index (χ0n) is 12.4. The molecule has 5 nitrogen and oxygen atoms in total. The van der Waals surface area contributed by atoms with Crippen LogP contribution in [0.25, 0.3) is 11.6 Å². The van der Waals surface area contributed by atoms with Gasteiger partial charge in [0.15, 0.2) is 0 Å². The summed E-state index contributed by atoms with van der Waals surface area (Å²) in [7, 11) is 0. The number of benzene rings is 1. The number of nitrogens with zero attached hydrogens (tertiary/aromatic N) is 3. The number of hydrogen-bond donors (Lipinski definition) is 1. The summed E-state index contributed by atoms with van der Waals surface area (Å²) in [4.78, 5) is 8.49. The third kappa shape index (κ3) is 1.96. The van der Waals surface area contributed by atoms with Crippen molar-refractivity contribution in [2.45, 2.75) is 6.92 Å². The maximum atomic E-state index is 9.54. The van der Waals surface area contributed by atoms with Crippen molar-refractivity contribution < 1.29 is 4.74 Å². The molecule has 0 radical (unpaired) electrons. The van der Waals surface area contributed by atoms with Crippen LogP contribution in [0.1, 0.15) is 16.7 Å². The molecule has 4 rings (SSSR count). The van der Waals surface area contributed by atoms with Crippen molar-refractivity contribution in [3.05, 3.63) is 64.1 Å². The molecule has 0 fully saturated rings. The van der Waals surface area contributed by atoms with Gasteiger partial charge in [0.25, 0.3) is 0 Å². The van der Waals surface area contributed by atoms with Crippen LogP contribution >= 0.6 is 0 Å². The third-order valence-corrected chi connectivity index (χ3v) is 4.00.